The second-order valence-corrected chi connectivity index (χ2v) is 6.34. The Morgan fingerprint density at radius 2 is 2.05 bits per heavy atom. The molecule has 1 aliphatic heterocycles. The summed E-state index contributed by atoms with van der Waals surface area (Å²) in [6, 6.07) is 6.51. The Balaban J connectivity index is 1.57. The van der Waals surface area contributed by atoms with Crippen LogP contribution in [0.5, 0.6) is 5.75 Å². The average molecular weight is 274 g/mol. The van der Waals surface area contributed by atoms with Gasteiger partial charge in [0, 0.05) is 30.3 Å². The van der Waals surface area contributed by atoms with Crippen molar-refractivity contribution in [1.29, 1.82) is 0 Å². The van der Waals surface area contributed by atoms with Gasteiger partial charge >= 0.3 is 0 Å². The number of carbonyl (C=O) groups is 1. The number of anilines is 1. The van der Waals surface area contributed by atoms with Crippen molar-refractivity contribution in [2.24, 2.45) is 5.41 Å². The molecule has 0 atom stereocenters. The van der Waals surface area contributed by atoms with Gasteiger partial charge in [0.1, 0.15) is 5.75 Å². The zero-order chi connectivity index (χ0) is 14.3. The molecule has 20 heavy (non-hydrogen) atoms. The molecule has 4 nitrogen and oxygen atoms in total. The lowest BCUT2D eigenvalue weighted by Gasteiger charge is -2.42. The maximum atomic E-state index is 12.0. The summed E-state index contributed by atoms with van der Waals surface area (Å²) < 4.78 is 5.30. The Labute approximate surface area is 120 Å². The van der Waals surface area contributed by atoms with E-state index in [4.69, 9.17) is 4.74 Å². The molecule has 0 spiro atoms. The zero-order valence-corrected chi connectivity index (χ0v) is 12.4. The predicted molar refractivity (Wildman–Crippen MR) is 79.2 cm³/mol. The van der Waals surface area contributed by atoms with Crippen molar-refractivity contribution in [1.82, 2.24) is 5.32 Å². The molecule has 1 N–H and O–H groups in total. The van der Waals surface area contributed by atoms with Gasteiger partial charge < -0.3 is 15.0 Å². The number of ether oxygens (including phenoxy) is 1. The van der Waals surface area contributed by atoms with Gasteiger partial charge in [-0.1, -0.05) is 6.92 Å². The molecule has 1 aliphatic carbocycles. The van der Waals surface area contributed by atoms with Crippen molar-refractivity contribution in [3.05, 3.63) is 23.8 Å². The maximum absolute atomic E-state index is 12.0. The number of aryl methyl sites for hydroxylation is 1. The number of rotatable bonds is 4. The minimum atomic E-state index is -0.0764. The van der Waals surface area contributed by atoms with Crippen LogP contribution in [0.15, 0.2) is 18.2 Å². The molecular formula is C16H22N2O2. The van der Waals surface area contributed by atoms with Crippen molar-refractivity contribution in [3.8, 4) is 5.75 Å². The molecule has 1 saturated carbocycles. The van der Waals surface area contributed by atoms with E-state index < -0.39 is 0 Å². The minimum Gasteiger partial charge on any atom is -0.497 e. The highest BCUT2D eigenvalue weighted by Gasteiger charge is 2.46. The van der Waals surface area contributed by atoms with Crippen molar-refractivity contribution < 1.29 is 9.53 Å². The largest absolute Gasteiger partial charge is 0.497 e. The van der Waals surface area contributed by atoms with Crippen LogP contribution in [0.4, 0.5) is 5.69 Å². The predicted octanol–water partition coefficient (Wildman–Crippen LogP) is 2.11. The Morgan fingerprint density at radius 3 is 2.65 bits per heavy atom. The lowest BCUT2D eigenvalue weighted by Crippen LogP contribution is -2.60. The van der Waals surface area contributed by atoms with Crippen molar-refractivity contribution in [2.75, 3.05) is 25.1 Å². The highest BCUT2D eigenvalue weighted by molar-refractivity contribution is 5.85. The first-order valence-electron chi connectivity index (χ1n) is 7.22. The molecule has 1 aromatic carbocycles. The molecule has 0 bridgehead atoms. The molecule has 4 heteroatoms. The van der Waals surface area contributed by atoms with Crippen molar-refractivity contribution in [2.45, 2.75) is 32.7 Å². The van der Waals surface area contributed by atoms with E-state index >= 15 is 0 Å². The molecule has 2 fully saturated rings. The topological polar surface area (TPSA) is 41.6 Å². The van der Waals surface area contributed by atoms with Crippen LogP contribution in [0.1, 0.15) is 25.3 Å². The lowest BCUT2D eigenvalue weighted by atomic mass is 10.0. The zero-order valence-electron chi connectivity index (χ0n) is 12.4. The molecule has 3 rings (SSSR count). The molecule has 108 valence electrons. The van der Waals surface area contributed by atoms with E-state index in [9.17, 15) is 4.79 Å². The van der Waals surface area contributed by atoms with Crippen LogP contribution in [0.3, 0.4) is 0 Å². The number of nitrogens with one attached hydrogen (secondary N) is 1. The SMILES string of the molecule is COc1cc(C)cc(N2CC(NC(=O)C3(C)CC3)C2)c1. The van der Waals surface area contributed by atoms with E-state index in [1.165, 1.54) is 11.3 Å². The van der Waals surface area contributed by atoms with Crippen molar-refractivity contribution >= 4 is 11.6 Å². The molecular weight excluding hydrogens is 252 g/mol. The van der Waals surface area contributed by atoms with Crippen LogP contribution in [-0.4, -0.2) is 32.1 Å². The van der Waals surface area contributed by atoms with E-state index in [2.05, 4.69) is 23.2 Å². The third-order valence-corrected chi connectivity index (χ3v) is 4.40. The van der Waals surface area contributed by atoms with Crippen LogP contribution in [0, 0.1) is 12.3 Å². The highest BCUT2D eigenvalue weighted by atomic mass is 16.5. The monoisotopic (exact) mass is 274 g/mol. The number of methoxy groups -OCH3 is 1. The molecule has 1 amide bonds. The minimum absolute atomic E-state index is 0.0764. The fourth-order valence-corrected chi connectivity index (χ4v) is 2.58. The van der Waals surface area contributed by atoms with E-state index in [1.54, 1.807) is 7.11 Å². The number of nitrogens with zero attached hydrogens (tertiary/aromatic N) is 1. The summed E-state index contributed by atoms with van der Waals surface area (Å²) in [5, 5.41) is 3.15. The van der Waals surface area contributed by atoms with Crippen molar-refractivity contribution in [3.63, 3.8) is 0 Å². The fourth-order valence-electron chi connectivity index (χ4n) is 2.58. The highest BCUT2D eigenvalue weighted by Crippen LogP contribution is 2.45. The Bertz CT molecular complexity index is 531. The molecule has 1 saturated heterocycles. The molecule has 1 aromatic rings. The summed E-state index contributed by atoms with van der Waals surface area (Å²) in [7, 11) is 1.69. The summed E-state index contributed by atoms with van der Waals surface area (Å²) in [5.41, 5.74) is 2.29. The van der Waals surface area contributed by atoms with E-state index in [0.717, 1.165) is 31.7 Å². The number of benzene rings is 1. The first-order valence-corrected chi connectivity index (χ1v) is 7.22. The Hall–Kier alpha value is -1.71. The van der Waals surface area contributed by atoms with Crippen LogP contribution >= 0.6 is 0 Å². The lowest BCUT2D eigenvalue weighted by molar-refractivity contribution is -0.126. The van der Waals surface area contributed by atoms with E-state index in [1.807, 2.05) is 19.1 Å². The van der Waals surface area contributed by atoms with Gasteiger partial charge in [-0.15, -0.1) is 0 Å². The van der Waals surface area contributed by atoms with Crippen LogP contribution in [0.2, 0.25) is 0 Å². The van der Waals surface area contributed by atoms with Crippen LogP contribution in [-0.2, 0) is 4.79 Å². The third-order valence-electron chi connectivity index (χ3n) is 4.40. The fraction of sp³-hybridized carbons (Fsp3) is 0.562. The first-order chi connectivity index (χ1) is 9.50. The number of hydrogen-bond donors (Lipinski definition) is 1. The number of carbonyl (C=O) groups excluding carboxylic acids is 1. The smallest absolute Gasteiger partial charge is 0.226 e. The number of amides is 1. The van der Waals surface area contributed by atoms with Gasteiger partial charge in [0.05, 0.1) is 13.2 Å². The van der Waals surface area contributed by atoms with Gasteiger partial charge in [0.25, 0.3) is 0 Å². The molecule has 0 radical (unpaired) electrons. The molecule has 0 unspecified atom stereocenters. The standard InChI is InChI=1S/C16H22N2O2/c1-11-6-13(8-14(7-11)20-3)18-9-12(10-18)17-15(19)16(2)4-5-16/h6-8,12H,4-5,9-10H2,1-3H3,(H,17,19). The van der Waals surface area contributed by atoms with Crippen LogP contribution in [0.25, 0.3) is 0 Å². The average Bonchev–Trinajstić information content (AvgIpc) is 3.11. The third kappa shape index (κ3) is 2.47. The van der Waals surface area contributed by atoms with Crippen LogP contribution < -0.4 is 15.0 Å². The van der Waals surface area contributed by atoms with Gasteiger partial charge in [-0.05, 0) is 37.5 Å². The van der Waals surface area contributed by atoms with Gasteiger partial charge in [0.2, 0.25) is 5.91 Å². The Morgan fingerprint density at radius 1 is 1.35 bits per heavy atom. The molecule has 0 aromatic heterocycles. The second-order valence-electron chi connectivity index (χ2n) is 6.34. The first kappa shape index (κ1) is 13.3. The molecule has 2 aliphatic rings. The summed E-state index contributed by atoms with van der Waals surface area (Å²) in [5.74, 6) is 1.11. The van der Waals surface area contributed by atoms with Gasteiger partial charge in [-0.2, -0.15) is 0 Å². The summed E-state index contributed by atoms with van der Waals surface area (Å²) in [6.07, 6.45) is 2.06. The van der Waals surface area contributed by atoms with Gasteiger partial charge in [0.15, 0.2) is 0 Å². The summed E-state index contributed by atoms with van der Waals surface area (Å²) in [4.78, 5) is 14.3. The summed E-state index contributed by atoms with van der Waals surface area (Å²) >= 11 is 0. The quantitative estimate of drug-likeness (QED) is 0.914. The maximum Gasteiger partial charge on any atom is 0.226 e. The van der Waals surface area contributed by atoms with Gasteiger partial charge in [-0.25, -0.2) is 0 Å². The second kappa shape index (κ2) is 4.69. The normalized spacial score (nSPS) is 20.2. The van der Waals surface area contributed by atoms with Gasteiger partial charge in [-0.3, -0.25) is 4.79 Å². The van der Waals surface area contributed by atoms with E-state index in [-0.39, 0.29) is 17.4 Å². The van der Waals surface area contributed by atoms with E-state index in [0.29, 0.717) is 0 Å². The Kier molecular flexibility index (Phi) is 3.11. The number of hydrogen-bond acceptors (Lipinski definition) is 3. The summed E-state index contributed by atoms with van der Waals surface area (Å²) in [6.45, 7) is 5.88. The molecule has 1 heterocycles.